The van der Waals surface area contributed by atoms with Gasteiger partial charge in [-0.25, -0.2) is 0 Å². The molecule has 0 aliphatic rings. The maximum Gasteiger partial charge on any atom is 0.0540 e. The van der Waals surface area contributed by atoms with Crippen LogP contribution in [0.25, 0.3) is 10.8 Å². The molecule has 2 rings (SSSR count). The van der Waals surface area contributed by atoms with E-state index >= 15 is 0 Å². The van der Waals surface area contributed by atoms with Crippen molar-refractivity contribution in [2.45, 2.75) is 32.3 Å². The predicted molar refractivity (Wildman–Crippen MR) is 68.6 cm³/mol. The van der Waals surface area contributed by atoms with Gasteiger partial charge in [0.2, 0.25) is 0 Å². The molecule has 0 saturated heterocycles. The number of fused-ring (bicyclic) bond motifs is 1. The average molecular weight is 214 g/mol. The molecule has 0 bridgehead atoms. The van der Waals surface area contributed by atoms with Crippen LogP contribution in [-0.4, -0.2) is 11.2 Å². The Kier molecular flexibility index (Phi) is 3.58. The molecule has 0 aliphatic heterocycles. The maximum absolute atomic E-state index is 9.59. The van der Waals surface area contributed by atoms with E-state index in [0.29, 0.717) is 0 Å². The van der Waals surface area contributed by atoms with Gasteiger partial charge < -0.3 is 5.11 Å². The molecule has 0 spiro atoms. The number of hydrogen-bond acceptors (Lipinski definition) is 1. The Morgan fingerprint density at radius 3 is 2.62 bits per heavy atom. The summed E-state index contributed by atoms with van der Waals surface area (Å²) in [5.41, 5.74) is 1.34. The highest BCUT2D eigenvalue weighted by atomic mass is 16.3. The van der Waals surface area contributed by atoms with Crippen LogP contribution in [0, 0.1) is 0 Å². The molecule has 1 atom stereocenters. The fourth-order valence-electron chi connectivity index (χ4n) is 2.04. The van der Waals surface area contributed by atoms with E-state index in [1.807, 2.05) is 6.92 Å². The topological polar surface area (TPSA) is 20.2 Å². The lowest BCUT2D eigenvalue weighted by Gasteiger charge is -2.09. The van der Waals surface area contributed by atoms with Gasteiger partial charge in [0.15, 0.2) is 0 Å². The van der Waals surface area contributed by atoms with E-state index in [1.165, 1.54) is 16.3 Å². The highest BCUT2D eigenvalue weighted by Gasteiger charge is 2.04. The third kappa shape index (κ3) is 2.42. The minimum atomic E-state index is -0.168. The summed E-state index contributed by atoms with van der Waals surface area (Å²) in [5, 5.41) is 12.2. The van der Waals surface area contributed by atoms with E-state index in [-0.39, 0.29) is 6.10 Å². The monoisotopic (exact) mass is 214 g/mol. The second-order valence-electron chi connectivity index (χ2n) is 4.24. The quantitative estimate of drug-likeness (QED) is 0.825. The lowest BCUT2D eigenvalue weighted by molar-refractivity contribution is 0.161. The maximum atomic E-state index is 9.59. The molecule has 2 aromatic carbocycles. The first kappa shape index (κ1) is 11.2. The lowest BCUT2D eigenvalue weighted by Crippen LogP contribution is -2.05. The molecule has 0 heterocycles. The van der Waals surface area contributed by atoms with Crippen LogP contribution >= 0.6 is 0 Å². The smallest absolute Gasteiger partial charge is 0.0540 e. The van der Waals surface area contributed by atoms with Gasteiger partial charge in [0.05, 0.1) is 6.10 Å². The first-order valence-corrected chi connectivity index (χ1v) is 5.96. The van der Waals surface area contributed by atoms with Crippen LogP contribution in [0.3, 0.4) is 0 Å². The Morgan fingerprint density at radius 2 is 1.81 bits per heavy atom. The first-order valence-electron chi connectivity index (χ1n) is 5.96. The molecule has 1 nitrogen and oxygen atoms in total. The summed E-state index contributed by atoms with van der Waals surface area (Å²) in [7, 11) is 0. The largest absolute Gasteiger partial charge is 0.393 e. The van der Waals surface area contributed by atoms with Crippen molar-refractivity contribution in [3.8, 4) is 0 Å². The van der Waals surface area contributed by atoms with E-state index in [4.69, 9.17) is 0 Å². The Bertz CT molecular complexity index is 456. The van der Waals surface area contributed by atoms with Crippen molar-refractivity contribution in [3.63, 3.8) is 0 Å². The fourth-order valence-corrected chi connectivity index (χ4v) is 2.04. The summed E-state index contributed by atoms with van der Waals surface area (Å²) in [6, 6.07) is 14.8. The Morgan fingerprint density at radius 1 is 1.06 bits per heavy atom. The van der Waals surface area contributed by atoms with Crippen LogP contribution in [0.5, 0.6) is 0 Å². The minimum absolute atomic E-state index is 0.168. The number of rotatable bonds is 4. The molecular weight excluding hydrogens is 196 g/mol. The molecular formula is C15H18O. The van der Waals surface area contributed by atoms with Crippen LogP contribution in [0.4, 0.5) is 0 Å². The molecule has 0 amide bonds. The van der Waals surface area contributed by atoms with E-state index in [2.05, 4.69) is 42.5 Å². The highest BCUT2D eigenvalue weighted by molar-refractivity contribution is 5.85. The Hall–Kier alpha value is -1.34. The van der Waals surface area contributed by atoms with Crippen LogP contribution in [0.1, 0.15) is 25.3 Å². The van der Waals surface area contributed by atoms with Gasteiger partial charge in [-0.15, -0.1) is 0 Å². The zero-order valence-electron chi connectivity index (χ0n) is 9.69. The summed E-state index contributed by atoms with van der Waals surface area (Å²) >= 11 is 0. The zero-order chi connectivity index (χ0) is 11.4. The second kappa shape index (κ2) is 5.13. The van der Waals surface area contributed by atoms with Crippen LogP contribution in [0.15, 0.2) is 42.5 Å². The highest BCUT2D eigenvalue weighted by Crippen LogP contribution is 2.20. The zero-order valence-corrected chi connectivity index (χ0v) is 9.69. The summed E-state index contributed by atoms with van der Waals surface area (Å²) < 4.78 is 0. The van der Waals surface area contributed by atoms with Crippen molar-refractivity contribution in [2.75, 3.05) is 0 Å². The molecule has 1 N–H and O–H groups in total. The molecule has 84 valence electrons. The molecule has 0 saturated carbocycles. The van der Waals surface area contributed by atoms with E-state index in [0.717, 1.165) is 19.3 Å². The lowest BCUT2D eigenvalue weighted by atomic mass is 9.99. The summed E-state index contributed by atoms with van der Waals surface area (Å²) in [6.45, 7) is 2.02. The number of hydrogen-bond donors (Lipinski definition) is 1. The van der Waals surface area contributed by atoms with Gasteiger partial charge in [-0.3, -0.25) is 0 Å². The molecule has 16 heavy (non-hydrogen) atoms. The second-order valence-corrected chi connectivity index (χ2v) is 4.24. The molecule has 1 unspecified atom stereocenters. The van der Waals surface area contributed by atoms with Gasteiger partial charge >= 0.3 is 0 Å². The molecule has 0 fully saturated rings. The standard InChI is InChI=1S/C15H18O/c1-2-14(16)11-10-13-8-5-7-12-6-3-4-9-15(12)13/h3-9,14,16H,2,10-11H2,1H3. The van der Waals surface area contributed by atoms with Gasteiger partial charge in [0, 0.05) is 0 Å². The normalized spacial score (nSPS) is 12.9. The summed E-state index contributed by atoms with van der Waals surface area (Å²) in [5.74, 6) is 0. The van der Waals surface area contributed by atoms with Gasteiger partial charge in [-0.2, -0.15) is 0 Å². The van der Waals surface area contributed by atoms with Crippen LogP contribution in [0.2, 0.25) is 0 Å². The molecule has 2 aromatic rings. The van der Waals surface area contributed by atoms with E-state index < -0.39 is 0 Å². The van der Waals surface area contributed by atoms with Crippen molar-refractivity contribution in [2.24, 2.45) is 0 Å². The SMILES string of the molecule is CCC(O)CCc1cccc2ccccc12. The third-order valence-corrected chi connectivity index (χ3v) is 3.10. The number of aliphatic hydroxyl groups is 1. The van der Waals surface area contributed by atoms with Crippen molar-refractivity contribution in [1.82, 2.24) is 0 Å². The van der Waals surface area contributed by atoms with Gasteiger partial charge in [-0.1, -0.05) is 49.4 Å². The van der Waals surface area contributed by atoms with Crippen LogP contribution in [-0.2, 0) is 6.42 Å². The van der Waals surface area contributed by atoms with Crippen molar-refractivity contribution in [3.05, 3.63) is 48.0 Å². The van der Waals surface area contributed by atoms with Crippen molar-refractivity contribution < 1.29 is 5.11 Å². The van der Waals surface area contributed by atoms with E-state index in [1.54, 1.807) is 0 Å². The van der Waals surface area contributed by atoms with E-state index in [9.17, 15) is 5.11 Å². The Labute approximate surface area is 96.7 Å². The molecule has 1 heteroatoms. The predicted octanol–water partition coefficient (Wildman–Crippen LogP) is 3.54. The number of aryl methyl sites for hydroxylation is 1. The summed E-state index contributed by atoms with van der Waals surface area (Å²) in [4.78, 5) is 0. The first-order chi connectivity index (χ1) is 7.81. The Balaban J connectivity index is 2.23. The van der Waals surface area contributed by atoms with Gasteiger partial charge in [0.1, 0.15) is 0 Å². The van der Waals surface area contributed by atoms with Gasteiger partial charge in [0.25, 0.3) is 0 Å². The molecule has 0 radical (unpaired) electrons. The summed E-state index contributed by atoms with van der Waals surface area (Å²) in [6.07, 6.45) is 2.48. The molecule has 0 aromatic heterocycles. The van der Waals surface area contributed by atoms with Crippen LogP contribution < -0.4 is 0 Å². The van der Waals surface area contributed by atoms with Crippen molar-refractivity contribution >= 4 is 10.8 Å². The number of benzene rings is 2. The third-order valence-electron chi connectivity index (χ3n) is 3.10. The van der Waals surface area contributed by atoms with Crippen molar-refractivity contribution in [1.29, 1.82) is 0 Å². The van der Waals surface area contributed by atoms with Gasteiger partial charge in [-0.05, 0) is 35.6 Å². The minimum Gasteiger partial charge on any atom is -0.393 e. The number of aliphatic hydroxyl groups excluding tert-OH is 1. The molecule has 0 aliphatic carbocycles. The average Bonchev–Trinajstić information content (AvgIpc) is 2.35. The fraction of sp³-hybridized carbons (Fsp3) is 0.333.